The highest BCUT2D eigenvalue weighted by Gasteiger charge is 2.16. The van der Waals surface area contributed by atoms with Crippen molar-refractivity contribution in [2.24, 2.45) is 5.84 Å². The molecule has 0 spiro atoms. The van der Waals surface area contributed by atoms with E-state index in [4.69, 9.17) is 17.4 Å². The summed E-state index contributed by atoms with van der Waals surface area (Å²) >= 11 is 11.4. The van der Waals surface area contributed by atoms with Crippen LogP contribution in [0.25, 0.3) is 0 Å². The number of nitrogens with two attached hydrogens (primary N) is 1. The molecule has 6 heteroatoms. The summed E-state index contributed by atoms with van der Waals surface area (Å²) in [6.45, 7) is 0. The monoisotopic (exact) mass is 468 g/mol. The highest BCUT2D eigenvalue weighted by molar-refractivity contribution is 14.1. The fourth-order valence-corrected chi connectivity index (χ4v) is 3.20. The van der Waals surface area contributed by atoms with Crippen LogP contribution < -0.4 is 11.3 Å². The van der Waals surface area contributed by atoms with Crippen molar-refractivity contribution in [1.29, 1.82) is 0 Å². The van der Waals surface area contributed by atoms with Crippen LogP contribution in [-0.4, -0.2) is 0 Å². The average molecular weight is 470 g/mol. The molecule has 2 aromatic rings. The lowest BCUT2D eigenvalue weighted by atomic mass is 9.99. The molecule has 20 heavy (non-hydrogen) atoms. The summed E-state index contributed by atoms with van der Waals surface area (Å²) in [5.74, 6) is 5.32. The molecule has 106 valence electrons. The summed E-state index contributed by atoms with van der Waals surface area (Å²) < 4.78 is 15.9. The van der Waals surface area contributed by atoms with Crippen molar-refractivity contribution in [3.63, 3.8) is 0 Å². The van der Waals surface area contributed by atoms with Crippen LogP contribution >= 0.6 is 50.1 Å². The molecule has 0 amide bonds. The molecule has 0 aromatic heterocycles. The van der Waals surface area contributed by atoms with Gasteiger partial charge in [-0.1, -0.05) is 33.6 Å². The molecule has 2 aromatic carbocycles. The number of rotatable bonds is 4. The van der Waals surface area contributed by atoms with Gasteiger partial charge >= 0.3 is 0 Å². The first-order chi connectivity index (χ1) is 9.51. The van der Waals surface area contributed by atoms with Crippen LogP contribution in [0.1, 0.15) is 17.2 Å². The van der Waals surface area contributed by atoms with Crippen molar-refractivity contribution in [2.45, 2.75) is 12.5 Å². The molecule has 0 heterocycles. The van der Waals surface area contributed by atoms with Crippen LogP contribution in [0.5, 0.6) is 0 Å². The lowest BCUT2D eigenvalue weighted by molar-refractivity contribution is 0.527. The number of benzene rings is 2. The molecule has 1 atom stereocenters. The standard InChI is InChI=1S/C14H12BrClFIN2/c15-9-2-4-13(18)11(6-9)14(20-19)5-8-1-3-10(16)7-12(8)17/h1-4,6-7,14,20H,5,19H2. The van der Waals surface area contributed by atoms with Gasteiger partial charge in [0.25, 0.3) is 0 Å². The summed E-state index contributed by atoms with van der Waals surface area (Å²) in [5.41, 5.74) is 4.35. The normalized spacial score (nSPS) is 12.4. The number of nitrogens with one attached hydrogen (secondary N) is 1. The van der Waals surface area contributed by atoms with Crippen molar-refractivity contribution in [1.82, 2.24) is 5.43 Å². The highest BCUT2D eigenvalue weighted by atomic mass is 127. The smallest absolute Gasteiger partial charge is 0.127 e. The van der Waals surface area contributed by atoms with Gasteiger partial charge in [0.15, 0.2) is 0 Å². The minimum Gasteiger partial charge on any atom is -0.271 e. The van der Waals surface area contributed by atoms with Gasteiger partial charge in [-0.25, -0.2) is 4.39 Å². The van der Waals surface area contributed by atoms with Gasteiger partial charge in [0.1, 0.15) is 5.82 Å². The Hall–Kier alpha value is -0.210. The van der Waals surface area contributed by atoms with Crippen LogP contribution in [0.2, 0.25) is 5.02 Å². The summed E-state index contributed by atoms with van der Waals surface area (Å²) in [6, 6.07) is 10.4. The molecule has 0 aliphatic carbocycles. The second-order valence-electron chi connectivity index (χ2n) is 4.32. The predicted octanol–water partition coefficient (Wildman–Crippen LogP) is 4.59. The second kappa shape index (κ2) is 7.17. The van der Waals surface area contributed by atoms with Crippen molar-refractivity contribution in [3.05, 3.63) is 66.4 Å². The molecular weight excluding hydrogens is 457 g/mol. The summed E-state index contributed by atoms with van der Waals surface area (Å²) in [6.07, 6.45) is 0.450. The van der Waals surface area contributed by atoms with Crippen molar-refractivity contribution < 1.29 is 4.39 Å². The maximum absolute atomic E-state index is 13.9. The number of halogens is 4. The van der Waals surface area contributed by atoms with Gasteiger partial charge in [0, 0.05) is 13.1 Å². The maximum atomic E-state index is 13.9. The molecule has 0 fully saturated rings. The second-order valence-corrected chi connectivity index (χ2v) is 6.84. The third-order valence-electron chi connectivity index (χ3n) is 2.97. The van der Waals surface area contributed by atoms with Crippen molar-refractivity contribution >= 4 is 50.1 Å². The van der Waals surface area contributed by atoms with Gasteiger partial charge in [-0.3, -0.25) is 11.3 Å². The third kappa shape index (κ3) is 3.92. The lowest BCUT2D eigenvalue weighted by Gasteiger charge is -2.19. The Morgan fingerprint density at radius 3 is 2.70 bits per heavy atom. The number of hydrazine groups is 1. The van der Waals surface area contributed by atoms with Crippen LogP contribution in [0.3, 0.4) is 0 Å². The zero-order chi connectivity index (χ0) is 14.7. The molecule has 3 N–H and O–H groups in total. The zero-order valence-corrected chi connectivity index (χ0v) is 14.8. The molecule has 0 radical (unpaired) electrons. The summed E-state index contributed by atoms with van der Waals surface area (Å²) in [4.78, 5) is 0. The van der Waals surface area contributed by atoms with Gasteiger partial charge in [-0.05, 0) is 70.5 Å². The Kier molecular flexibility index (Phi) is 5.80. The van der Waals surface area contributed by atoms with E-state index < -0.39 is 0 Å². The van der Waals surface area contributed by atoms with Gasteiger partial charge in [0.2, 0.25) is 0 Å². The molecular formula is C14H12BrClFIN2. The molecule has 0 bridgehead atoms. The van der Waals surface area contributed by atoms with E-state index in [-0.39, 0.29) is 11.9 Å². The topological polar surface area (TPSA) is 38.0 Å². The SMILES string of the molecule is NNC(Cc1ccc(Cl)cc1F)c1cc(Br)ccc1I. The highest BCUT2D eigenvalue weighted by Crippen LogP contribution is 2.27. The minimum absolute atomic E-state index is 0.171. The molecule has 2 rings (SSSR count). The van der Waals surface area contributed by atoms with Gasteiger partial charge in [-0.2, -0.15) is 0 Å². The molecule has 1 unspecified atom stereocenters. The van der Waals surface area contributed by atoms with Crippen LogP contribution in [-0.2, 0) is 6.42 Å². The number of hydrogen-bond donors (Lipinski definition) is 2. The van der Waals surface area contributed by atoms with E-state index in [1.165, 1.54) is 6.07 Å². The van der Waals surface area contributed by atoms with Gasteiger partial charge in [-0.15, -0.1) is 0 Å². The first-order valence-corrected chi connectivity index (χ1v) is 8.11. The Morgan fingerprint density at radius 1 is 1.30 bits per heavy atom. The maximum Gasteiger partial charge on any atom is 0.127 e. The van der Waals surface area contributed by atoms with E-state index in [1.807, 2.05) is 18.2 Å². The first-order valence-electron chi connectivity index (χ1n) is 5.86. The van der Waals surface area contributed by atoms with E-state index >= 15 is 0 Å². The van der Waals surface area contributed by atoms with Crippen molar-refractivity contribution in [3.8, 4) is 0 Å². The van der Waals surface area contributed by atoms with Crippen LogP contribution in [0, 0.1) is 9.39 Å². The van der Waals surface area contributed by atoms with E-state index in [0.29, 0.717) is 17.0 Å². The molecule has 0 aliphatic rings. The predicted molar refractivity (Wildman–Crippen MR) is 92.0 cm³/mol. The molecule has 0 saturated carbocycles. The van der Waals surface area contributed by atoms with Gasteiger partial charge < -0.3 is 0 Å². The fourth-order valence-electron chi connectivity index (χ4n) is 1.95. The third-order valence-corrected chi connectivity index (χ3v) is 4.68. The van der Waals surface area contributed by atoms with Crippen molar-refractivity contribution in [2.75, 3.05) is 0 Å². The Morgan fingerprint density at radius 2 is 2.05 bits per heavy atom. The quantitative estimate of drug-likeness (QED) is 0.391. The average Bonchev–Trinajstić information content (AvgIpc) is 2.41. The Bertz CT molecular complexity index is 624. The number of hydrogen-bond acceptors (Lipinski definition) is 2. The first kappa shape index (κ1) is 16.2. The van der Waals surface area contributed by atoms with Crippen LogP contribution in [0.15, 0.2) is 40.9 Å². The Balaban J connectivity index is 2.31. The summed E-state index contributed by atoms with van der Waals surface area (Å²) in [7, 11) is 0. The Labute approximate surface area is 144 Å². The fraction of sp³-hybridized carbons (Fsp3) is 0.143. The largest absolute Gasteiger partial charge is 0.271 e. The summed E-state index contributed by atoms with van der Waals surface area (Å²) in [5, 5.41) is 0.389. The molecule has 2 nitrogen and oxygen atoms in total. The van der Waals surface area contributed by atoms with Crippen LogP contribution in [0.4, 0.5) is 4.39 Å². The van der Waals surface area contributed by atoms with E-state index in [2.05, 4.69) is 43.9 Å². The zero-order valence-electron chi connectivity index (χ0n) is 10.3. The van der Waals surface area contributed by atoms with Gasteiger partial charge in [0.05, 0.1) is 6.04 Å². The van der Waals surface area contributed by atoms with E-state index in [9.17, 15) is 4.39 Å². The molecule has 0 saturated heterocycles. The van der Waals surface area contributed by atoms with E-state index in [1.54, 1.807) is 12.1 Å². The minimum atomic E-state index is -0.317. The lowest BCUT2D eigenvalue weighted by Crippen LogP contribution is -2.30. The molecule has 0 aliphatic heterocycles. The van der Waals surface area contributed by atoms with E-state index in [0.717, 1.165) is 13.6 Å².